The Morgan fingerprint density at radius 1 is 1.44 bits per heavy atom. The molecule has 1 N–H and O–H groups in total. The maximum atomic E-state index is 12.0. The van der Waals surface area contributed by atoms with E-state index < -0.39 is 12.0 Å². The van der Waals surface area contributed by atoms with Crippen LogP contribution in [0, 0.1) is 0 Å². The smallest absolute Gasteiger partial charge is 0.326 e. The molecule has 0 aliphatic carbocycles. The van der Waals surface area contributed by atoms with Gasteiger partial charge in [-0.15, -0.1) is 0 Å². The molecule has 0 aromatic heterocycles. The lowest BCUT2D eigenvalue weighted by molar-refractivity contribution is -0.148. The number of aliphatic carboxylic acids is 1. The van der Waals surface area contributed by atoms with Gasteiger partial charge in [-0.3, -0.25) is 4.79 Å². The lowest BCUT2D eigenvalue weighted by atomic mass is 10.1. The van der Waals surface area contributed by atoms with E-state index in [0.29, 0.717) is 25.8 Å². The van der Waals surface area contributed by atoms with Gasteiger partial charge in [-0.1, -0.05) is 0 Å². The van der Waals surface area contributed by atoms with Crippen LogP contribution in [0.5, 0.6) is 0 Å². The van der Waals surface area contributed by atoms with E-state index in [1.807, 2.05) is 6.92 Å². The molecule has 0 saturated carbocycles. The Morgan fingerprint density at radius 2 is 2.11 bits per heavy atom. The fourth-order valence-electron chi connectivity index (χ4n) is 2.07. The predicted octanol–water partition coefficient (Wildman–Crippen LogP) is 0.502. The van der Waals surface area contributed by atoms with Gasteiger partial charge in [0.2, 0.25) is 5.91 Å². The normalized spacial score (nSPS) is 25.2. The van der Waals surface area contributed by atoms with Gasteiger partial charge in [0.1, 0.15) is 6.04 Å². The molecule has 3 atom stereocenters. The number of carboxylic acid groups (broad SMARTS) is 1. The van der Waals surface area contributed by atoms with E-state index in [1.165, 1.54) is 12.0 Å². The molecule has 1 aliphatic heterocycles. The Balaban J connectivity index is 2.56. The van der Waals surface area contributed by atoms with E-state index in [1.54, 1.807) is 7.11 Å². The predicted molar refractivity (Wildman–Crippen MR) is 64.3 cm³/mol. The number of carbonyl (C=O) groups excluding carboxylic acids is 1. The maximum Gasteiger partial charge on any atom is 0.326 e. The number of ether oxygens (including phenoxy) is 2. The first-order valence-electron chi connectivity index (χ1n) is 6.07. The molecule has 18 heavy (non-hydrogen) atoms. The van der Waals surface area contributed by atoms with Crippen LogP contribution in [0.4, 0.5) is 0 Å². The minimum Gasteiger partial charge on any atom is -0.480 e. The van der Waals surface area contributed by atoms with Gasteiger partial charge in [-0.2, -0.15) is 0 Å². The summed E-state index contributed by atoms with van der Waals surface area (Å²) in [5.74, 6) is -1.12. The second kappa shape index (κ2) is 6.70. The molecule has 3 unspecified atom stereocenters. The summed E-state index contributed by atoms with van der Waals surface area (Å²) in [6.45, 7) is 2.23. The molecule has 1 aliphatic rings. The molecule has 0 radical (unpaired) electrons. The van der Waals surface area contributed by atoms with Gasteiger partial charge < -0.3 is 19.5 Å². The van der Waals surface area contributed by atoms with E-state index in [4.69, 9.17) is 14.6 Å². The van der Waals surface area contributed by atoms with Crippen molar-refractivity contribution in [3.8, 4) is 0 Å². The molecule has 104 valence electrons. The summed E-state index contributed by atoms with van der Waals surface area (Å²) < 4.78 is 10.2. The quantitative estimate of drug-likeness (QED) is 0.751. The largest absolute Gasteiger partial charge is 0.480 e. The van der Waals surface area contributed by atoms with Crippen molar-refractivity contribution in [2.24, 2.45) is 0 Å². The van der Waals surface area contributed by atoms with Crippen LogP contribution in [0.25, 0.3) is 0 Å². The molecule has 1 fully saturated rings. The average molecular weight is 259 g/mol. The third kappa shape index (κ3) is 3.68. The lowest BCUT2D eigenvalue weighted by Crippen LogP contribution is -2.40. The Kier molecular flexibility index (Phi) is 5.55. The summed E-state index contributed by atoms with van der Waals surface area (Å²) in [5.41, 5.74) is 0. The highest BCUT2D eigenvalue weighted by Gasteiger charge is 2.39. The van der Waals surface area contributed by atoms with Gasteiger partial charge in [-0.25, -0.2) is 4.79 Å². The van der Waals surface area contributed by atoms with Gasteiger partial charge >= 0.3 is 5.97 Å². The number of nitrogens with zero attached hydrogens (tertiary/aromatic N) is 1. The second-order valence-corrected chi connectivity index (χ2v) is 4.58. The zero-order chi connectivity index (χ0) is 13.7. The Hall–Kier alpha value is -1.14. The Labute approximate surface area is 107 Å². The minimum absolute atomic E-state index is 0.00180. The van der Waals surface area contributed by atoms with Crippen molar-refractivity contribution in [3.63, 3.8) is 0 Å². The molecule has 0 aromatic carbocycles. The minimum atomic E-state index is -0.970. The van der Waals surface area contributed by atoms with Crippen molar-refractivity contribution in [2.75, 3.05) is 20.8 Å². The van der Waals surface area contributed by atoms with Gasteiger partial charge in [-0.05, 0) is 13.3 Å². The summed E-state index contributed by atoms with van der Waals surface area (Å²) in [6.07, 6.45) is 1.07. The first-order chi connectivity index (χ1) is 8.49. The fourth-order valence-corrected chi connectivity index (χ4v) is 2.07. The molecule has 0 spiro atoms. The third-order valence-corrected chi connectivity index (χ3v) is 3.37. The first-order valence-corrected chi connectivity index (χ1v) is 6.07. The highest BCUT2D eigenvalue weighted by atomic mass is 16.5. The summed E-state index contributed by atoms with van der Waals surface area (Å²) in [7, 11) is 3.12. The Morgan fingerprint density at radius 3 is 2.61 bits per heavy atom. The van der Waals surface area contributed by atoms with E-state index in [2.05, 4.69) is 0 Å². The number of methoxy groups -OCH3 is 2. The van der Waals surface area contributed by atoms with Gasteiger partial charge in [0, 0.05) is 33.6 Å². The number of carboxylic acids is 1. The first kappa shape index (κ1) is 14.9. The average Bonchev–Trinajstić information content (AvgIpc) is 2.79. The van der Waals surface area contributed by atoms with E-state index in [9.17, 15) is 9.59 Å². The van der Waals surface area contributed by atoms with Crippen LogP contribution in [-0.2, 0) is 19.1 Å². The monoisotopic (exact) mass is 259 g/mol. The lowest BCUT2D eigenvalue weighted by Gasteiger charge is -2.21. The van der Waals surface area contributed by atoms with Gasteiger partial charge in [0.15, 0.2) is 0 Å². The van der Waals surface area contributed by atoms with Crippen LogP contribution in [0.3, 0.4) is 0 Å². The van der Waals surface area contributed by atoms with Gasteiger partial charge in [0.25, 0.3) is 0 Å². The van der Waals surface area contributed by atoms with Crippen molar-refractivity contribution in [1.82, 2.24) is 4.90 Å². The van der Waals surface area contributed by atoms with Crippen LogP contribution in [0.1, 0.15) is 26.2 Å². The number of amides is 1. The molecular weight excluding hydrogens is 238 g/mol. The SMILES string of the molecule is COC(C)CCC(=O)N1CC(OC)CC1C(=O)O. The summed E-state index contributed by atoms with van der Waals surface area (Å²) in [4.78, 5) is 24.5. The highest BCUT2D eigenvalue weighted by Crippen LogP contribution is 2.21. The number of hydrogen-bond donors (Lipinski definition) is 1. The Bertz CT molecular complexity index is 307. The topological polar surface area (TPSA) is 76.1 Å². The molecular formula is C12H21NO5. The van der Waals surface area contributed by atoms with Gasteiger partial charge in [0.05, 0.1) is 12.2 Å². The van der Waals surface area contributed by atoms with Crippen molar-refractivity contribution < 1.29 is 24.2 Å². The molecule has 1 rings (SSSR count). The van der Waals surface area contributed by atoms with Crippen molar-refractivity contribution >= 4 is 11.9 Å². The molecule has 1 saturated heterocycles. The van der Waals surface area contributed by atoms with Crippen molar-refractivity contribution in [3.05, 3.63) is 0 Å². The molecule has 1 amide bonds. The number of likely N-dealkylation sites (tertiary alicyclic amines) is 1. The molecule has 0 aromatic rings. The maximum absolute atomic E-state index is 12.0. The zero-order valence-electron chi connectivity index (χ0n) is 11.1. The van der Waals surface area contributed by atoms with Crippen LogP contribution >= 0.6 is 0 Å². The number of hydrogen-bond acceptors (Lipinski definition) is 4. The summed E-state index contributed by atoms with van der Waals surface area (Å²) >= 11 is 0. The van der Waals surface area contributed by atoms with Crippen LogP contribution in [0.2, 0.25) is 0 Å². The molecule has 6 nitrogen and oxygen atoms in total. The number of carbonyl (C=O) groups is 2. The summed E-state index contributed by atoms with van der Waals surface area (Å²) in [6, 6.07) is -0.764. The van der Waals surface area contributed by atoms with Crippen LogP contribution in [0.15, 0.2) is 0 Å². The molecule has 1 heterocycles. The standard InChI is InChI=1S/C12H21NO5/c1-8(17-2)4-5-11(14)13-7-9(18-3)6-10(13)12(15)16/h8-10H,4-7H2,1-3H3,(H,15,16). The highest BCUT2D eigenvalue weighted by molar-refractivity contribution is 5.84. The van der Waals surface area contributed by atoms with E-state index in [-0.39, 0.29) is 18.1 Å². The fraction of sp³-hybridized carbons (Fsp3) is 0.833. The van der Waals surface area contributed by atoms with Crippen LogP contribution < -0.4 is 0 Å². The third-order valence-electron chi connectivity index (χ3n) is 3.37. The van der Waals surface area contributed by atoms with E-state index >= 15 is 0 Å². The van der Waals surface area contributed by atoms with Crippen LogP contribution in [-0.4, -0.2) is 60.9 Å². The zero-order valence-corrected chi connectivity index (χ0v) is 11.1. The van der Waals surface area contributed by atoms with Crippen molar-refractivity contribution in [1.29, 1.82) is 0 Å². The summed E-state index contributed by atoms with van der Waals surface area (Å²) in [5, 5.41) is 9.10. The molecule has 6 heteroatoms. The van der Waals surface area contributed by atoms with Crippen molar-refractivity contribution in [2.45, 2.75) is 44.4 Å². The number of rotatable bonds is 6. The second-order valence-electron chi connectivity index (χ2n) is 4.58. The van der Waals surface area contributed by atoms with E-state index in [0.717, 1.165) is 0 Å². The molecule has 0 bridgehead atoms.